The fraction of sp³-hybridized carbons (Fsp3) is 0.333. The second kappa shape index (κ2) is 3.93. The molecule has 0 radical (unpaired) electrons. The molecule has 0 amide bonds. The van der Waals surface area contributed by atoms with E-state index >= 15 is 0 Å². The van der Waals surface area contributed by atoms with Gasteiger partial charge in [0.1, 0.15) is 12.4 Å². The number of aromatic amines is 1. The standard InChI is InChI=1S/C9H9FN2O4/c10-6-3-12(9(15)11-8(6)14)7-2-1-5(4-13)16-7/h1,3,7,13H,2,4H2,(H,11,14,15)/t7-/m1/s1. The van der Waals surface area contributed by atoms with E-state index in [0.29, 0.717) is 12.2 Å². The van der Waals surface area contributed by atoms with Gasteiger partial charge in [0.15, 0.2) is 6.23 Å². The van der Waals surface area contributed by atoms with Crippen molar-refractivity contribution >= 4 is 0 Å². The van der Waals surface area contributed by atoms with Crippen molar-refractivity contribution in [3.8, 4) is 0 Å². The Balaban J connectivity index is 2.33. The molecule has 1 aromatic rings. The van der Waals surface area contributed by atoms with Gasteiger partial charge in [-0.3, -0.25) is 14.3 Å². The minimum atomic E-state index is -1.06. The van der Waals surface area contributed by atoms with E-state index in [9.17, 15) is 14.0 Å². The summed E-state index contributed by atoms with van der Waals surface area (Å²) in [7, 11) is 0. The highest BCUT2D eigenvalue weighted by atomic mass is 19.1. The predicted octanol–water partition coefficient (Wildman–Crippen LogP) is -0.529. The number of rotatable bonds is 2. The molecule has 16 heavy (non-hydrogen) atoms. The molecular weight excluding hydrogens is 219 g/mol. The van der Waals surface area contributed by atoms with Crippen LogP contribution in [-0.4, -0.2) is 21.3 Å². The van der Waals surface area contributed by atoms with Crippen LogP contribution in [0.15, 0.2) is 27.6 Å². The maximum atomic E-state index is 13.0. The summed E-state index contributed by atoms with van der Waals surface area (Å²) in [5, 5.41) is 8.79. The van der Waals surface area contributed by atoms with E-state index < -0.39 is 23.3 Å². The van der Waals surface area contributed by atoms with Gasteiger partial charge in [0.25, 0.3) is 5.56 Å². The van der Waals surface area contributed by atoms with E-state index in [1.54, 1.807) is 6.08 Å². The summed E-state index contributed by atoms with van der Waals surface area (Å²) < 4.78 is 19.1. The first-order valence-corrected chi connectivity index (χ1v) is 4.59. The Morgan fingerprint density at radius 3 is 3.00 bits per heavy atom. The molecular formula is C9H9FN2O4. The molecule has 0 aliphatic carbocycles. The molecule has 7 heteroatoms. The maximum absolute atomic E-state index is 13.0. The highest BCUT2D eigenvalue weighted by Crippen LogP contribution is 2.23. The van der Waals surface area contributed by atoms with Crippen molar-refractivity contribution in [1.29, 1.82) is 0 Å². The third-order valence-electron chi connectivity index (χ3n) is 2.22. The third-order valence-corrected chi connectivity index (χ3v) is 2.22. The van der Waals surface area contributed by atoms with Crippen LogP contribution in [0.4, 0.5) is 4.39 Å². The molecule has 0 unspecified atom stereocenters. The van der Waals surface area contributed by atoms with E-state index in [1.807, 2.05) is 4.98 Å². The average Bonchev–Trinajstić information content (AvgIpc) is 2.71. The lowest BCUT2D eigenvalue weighted by atomic mass is 10.3. The van der Waals surface area contributed by atoms with E-state index in [4.69, 9.17) is 9.84 Å². The molecule has 2 N–H and O–H groups in total. The summed E-state index contributed by atoms with van der Waals surface area (Å²) in [6, 6.07) is 0. The van der Waals surface area contributed by atoms with E-state index in [1.165, 1.54) is 0 Å². The van der Waals surface area contributed by atoms with Crippen LogP contribution in [0.5, 0.6) is 0 Å². The van der Waals surface area contributed by atoms with Crippen LogP contribution in [0, 0.1) is 5.82 Å². The van der Waals surface area contributed by atoms with Gasteiger partial charge in [-0.1, -0.05) is 0 Å². The molecule has 0 saturated carbocycles. The maximum Gasteiger partial charge on any atom is 0.331 e. The SMILES string of the molecule is O=c1[nH]c(=O)n([C@H]2CC=C(CO)O2)cc1F. The molecule has 6 nitrogen and oxygen atoms in total. The van der Waals surface area contributed by atoms with Gasteiger partial charge in [0, 0.05) is 6.42 Å². The van der Waals surface area contributed by atoms with Gasteiger partial charge in [-0.2, -0.15) is 4.39 Å². The molecule has 0 bridgehead atoms. The second-order valence-electron chi connectivity index (χ2n) is 3.28. The number of H-pyrrole nitrogens is 1. The lowest BCUT2D eigenvalue weighted by molar-refractivity contribution is 0.0582. The number of nitrogens with zero attached hydrogens (tertiary/aromatic N) is 1. The van der Waals surface area contributed by atoms with Crippen molar-refractivity contribution in [1.82, 2.24) is 9.55 Å². The zero-order valence-corrected chi connectivity index (χ0v) is 8.14. The summed E-state index contributed by atoms with van der Waals surface area (Å²) in [6.07, 6.45) is 2.00. The normalized spacial score (nSPS) is 19.4. The Morgan fingerprint density at radius 2 is 2.38 bits per heavy atom. The van der Waals surface area contributed by atoms with Gasteiger partial charge in [0.05, 0.1) is 6.20 Å². The lowest BCUT2D eigenvalue weighted by Crippen LogP contribution is -2.33. The topological polar surface area (TPSA) is 84.3 Å². The second-order valence-corrected chi connectivity index (χ2v) is 3.28. The molecule has 1 aliphatic rings. The molecule has 1 aliphatic heterocycles. The smallest absolute Gasteiger partial charge is 0.331 e. The molecule has 1 atom stereocenters. The van der Waals surface area contributed by atoms with Crippen molar-refractivity contribution < 1.29 is 14.2 Å². The fourth-order valence-corrected chi connectivity index (χ4v) is 1.45. The van der Waals surface area contributed by atoms with Gasteiger partial charge in [0.2, 0.25) is 5.82 Å². The largest absolute Gasteiger partial charge is 0.472 e. The van der Waals surface area contributed by atoms with Crippen LogP contribution in [0.1, 0.15) is 12.6 Å². The number of ether oxygens (including phenoxy) is 1. The molecule has 2 heterocycles. The zero-order valence-electron chi connectivity index (χ0n) is 8.14. The molecule has 0 aromatic carbocycles. The number of aromatic nitrogens is 2. The summed E-state index contributed by atoms with van der Waals surface area (Å²) in [6.45, 7) is -0.281. The number of halogens is 1. The van der Waals surface area contributed by atoms with Crippen molar-refractivity contribution in [2.24, 2.45) is 0 Å². The Bertz CT molecular complexity index is 545. The van der Waals surface area contributed by atoms with Crippen LogP contribution < -0.4 is 11.2 Å². The van der Waals surface area contributed by atoms with E-state index in [-0.39, 0.29) is 6.61 Å². The molecule has 1 aromatic heterocycles. The number of aliphatic hydroxyl groups excluding tert-OH is 1. The van der Waals surface area contributed by atoms with Gasteiger partial charge >= 0.3 is 5.69 Å². The van der Waals surface area contributed by atoms with Crippen molar-refractivity contribution in [3.05, 3.63) is 44.7 Å². The number of aliphatic hydroxyl groups is 1. The molecule has 0 spiro atoms. The number of hydrogen-bond acceptors (Lipinski definition) is 4. The van der Waals surface area contributed by atoms with Crippen LogP contribution in [0.25, 0.3) is 0 Å². The minimum absolute atomic E-state index is 0.281. The predicted molar refractivity (Wildman–Crippen MR) is 51.2 cm³/mol. The van der Waals surface area contributed by atoms with Gasteiger partial charge in [-0.25, -0.2) is 4.79 Å². The Morgan fingerprint density at radius 1 is 1.62 bits per heavy atom. The highest BCUT2D eigenvalue weighted by molar-refractivity contribution is 5.01. The Kier molecular flexibility index (Phi) is 2.61. The average molecular weight is 228 g/mol. The monoisotopic (exact) mass is 228 g/mol. The minimum Gasteiger partial charge on any atom is -0.472 e. The molecule has 0 fully saturated rings. The first kappa shape index (κ1) is 10.6. The van der Waals surface area contributed by atoms with Crippen molar-refractivity contribution in [2.75, 3.05) is 6.61 Å². The van der Waals surface area contributed by atoms with Crippen molar-refractivity contribution in [2.45, 2.75) is 12.6 Å². The Hall–Kier alpha value is -1.89. The van der Waals surface area contributed by atoms with Gasteiger partial charge < -0.3 is 9.84 Å². The zero-order chi connectivity index (χ0) is 11.7. The molecule has 0 saturated heterocycles. The quantitative estimate of drug-likeness (QED) is 0.712. The van der Waals surface area contributed by atoms with Crippen LogP contribution in [0.2, 0.25) is 0 Å². The summed E-state index contributed by atoms with van der Waals surface area (Å²) in [5.41, 5.74) is -1.81. The van der Waals surface area contributed by atoms with Gasteiger partial charge in [-0.15, -0.1) is 0 Å². The van der Waals surface area contributed by atoms with E-state index in [2.05, 4.69) is 0 Å². The van der Waals surface area contributed by atoms with Crippen LogP contribution in [-0.2, 0) is 4.74 Å². The first-order chi connectivity index (χ1) is 7.61. The third kappa shape index (κ3) is 1.76. The number of hydrogen-bond donors (Lipinski definition) is 2. The van der Waals surface area contributed by atoms with Crippen molar-refractivity contribution in [3.63, 3.8) is 0 Å². The van der Waals surface area contributed by atoms with Crippen LogP contribution in [0.3, 0.4) is 0 Å². The number of nitrogens with one attached hydrogen (secondary N) is 1. The first-order valence-electron chi connectivity index (χ1n) is 4.59. The van der Waals surface area contributed by atoms with Crippen LogP contribution >= 0.6 is 0 Å². The molecule has 86 valence electrons. The summed E-state index contributed by atoms with van der Waals surface area (Å²) in [5.74, 6) is -0.732. The molecule has 2 rings (SSSR count). The van der Waals surface area contributed by atoms with E-state index in [0.717, 1.165) is 10.8 Å². The Labute approximate surface area is 88.6 Å². The fourth-order valence-electron chi connectivity index (χ4n) is 1.45. The lowest BCUT2D eigenvalue weighted by Gasteiger charge is -2.14. The summed E-state index contributed by atoms with van der Waals surface area (Å²) in [4.78, 5) is 24.0. The summed E-state index contributed by atoms with van der Waals surface area (Å²) >= 11 is 0. The highest BCUT2D eigenvalue weighted by Gasteiger charge is 2.21. The van der Waals surface area contributed by atoms with Gasteiger partial charge in [-0.05, 0) is 6.08 Å².